The molecule has 1 nitrogen and oxygen atoms in total. The van der Waals surface area contributed by atoms with Gasteiger partial charge in [0.1, 0.15) is 0 Å². The minimum Gasteiger partial charge on any atom is -0.327 e. The predicted octanol–water partition coefficient (Wildman–Crippen LogP) is 1.52. The number of nitrogens with two attached hydrogens (primary N) is 1. The molecule has 0 radical (unpaired) electrons. The molecular formula is C7H15N. The van der Waals surface area contributed by atoms with E-state index in [1.165, 1.54) is 19.3 Å². The van der Waals surface area contributed by atoms with Gasteiger partial charge >= 0.3 is 0 Å². The average molecular weight is 113 g/mol. The van der Waals surface area contributed by atoms with E-state index in [1.54, 1.807) is 0 Å². The quantitative estimate of drug-likeness (QED) is 0.548. The second kappa shape index (κ2) is 1.73. The molecule has 0 aliphatic heterocycles. The molecule has 1 rings (SSSR count). The minimum absolute atomic E-state index is 0.493. The Morgan fingerprint density at radius 3 is 2.38 bits per heavy atom. The first-order valence-electron chi connectivity index (χ1n) is 3.44. The van der Waals surface area contributed by atoms with Gasteiger partial charge in [-0.1, -0.05) is 13.8 Å². The summed E-state index contributed by atoms with van der Waals surface area (Å²) in [5.74, 6) is 0. The van der Waals surface area contributed by atoms with Gasteiger partial charge in [-0.05, 0) is 24.7 Å². The fraction of sp³-hybridized carbons (Fsp3) is 1.00. The second-order valence-electron chi connectivity index (χ2n) is 3.15. The molecule has 1 fully saturated rings. The van der Waals surface area contributed by atoms with Crippen LogP contribution in [0.3, 0.4) is 0 Å². The van der Waals surface area contributed by atoms with Gasteiger partial charge in [0.15, 0.2) is 0 Å². The van der Waals surface area contributed by atoms with Crippen LogP contribution >= 0.6 is 0 Å². The highest BCUT2D eigenvalue weighted by Gasteiger charge is 2.37. The lowest BCUT2D eigenvalue weighted by Crippen LogP contribution is -2.48. The molecule has 48 valence electrons. The van der Waals surface area contributed by atoms with Crippen molar-refractivity contribution in [3.8, 4) is 0 Å². The van der Waals surface area contributed by atoms with Gasteiger partial charge in [-0.25, -0.2) is 0 Å². The summed E-state index contributed by atoms with van der Waals surface area (Å²) in [5.41, 5.74) is 6.27. The van der Waals surface area contributed by atoms with Crippen molar-refractivity contribution < 1.29 is 0 Å². The third-order valence-corrected chi connectivity index (χ3v) is 2.73. The van der Waals surface area contributed by atoms with E-state index >= 15 is 0 Å². The van der Waals surface area contributed by atoms with Crippen LogP contribution in [0.2, 0.25) is 0 Å². The summed E-state index contributed by atoms with van der Waals surface area (Å²) < 4.78 is 0. The van der Waals surface area contributed by atoms with Crippen molar-refractivity contribution in [3.63, 3.8) is 0 Å². The normalized spacial score (nSPS) is 46.1. The topological polar surface area (TPSA) is 26.0 Å². The van der Waals surface area contributed by atoms with Crippen molar-refractivity contribution in [2.45, 2.75) is 39.2 Å². The highest BCUT2D eigenvalue weighted by Crippen LogP contribution is 2.41. The maximum atomic E-state index is 5.77. The lowest BCUT2D eigenvalue weighted by atomic mass is 9.65. The molecule has 8 heavy (non-hydrogen) atoms. The summed E-state index contributed by atoms with van der Waals surface area (Å²) in [6.45, 7) is 4.50. The van der Waals surface area contributed by atoms with E-state index in [0.29, 0.717) is 11.5 Å². The van der Waals surface area contributed by atoms with Crippen molar-refractivity contribution >= 4 is 0 Å². The molecule has 0 saturated heterocycles. The molecular weight excluding hydrogens is 98.1 g/mol. The highest BCUT2D eigenvalue weighted by molar-refractivity contribution is 4.93. The number of hydrogen-bond donors (Lipinski definition) is 1. The highest BCUT2D eigenvalue weighted by atomic mass is 14.7. The third kappa shape index (κ3) is 0.655. The van der Waals surface area contributed by atoms with Crippen LogP contribution < -0.4 is 5.73 Å². The van der Waals surface area contributed by atoms with Gasteiger partial charge < -0.3 is 5.73 Å². The monoisotopic (exact) mass is 113 g/mol. The molecule has 0 bridgehead atoms. The first kappa shape index (κ1) is 6.09. The van der Waals surface area contributed by atoms with Gasteiger partial charge in [0.25, 0.3) is 0 Å². The SMILES string of the molecule is CC[C@@]1(C)CCC1N. The van der Waals surface area contributed by atoms with Crippen molar-refractivity contribution in [2.24, 2.45) is 11.1 Å². The summed E-state index contributed by atoms with van der Waals surface area (Å²) in [6.07, 6.45) is 3.82. The van der Waals surface area contributed by atoms with Crippen LogP contribution in [0.1, 0.15) is 33.1 Å². The van der Waals surface area contributed by atoms with E-state index in [2.05, 4.69) is 13.8 Å². The smallest absolute Gasteiger partial charge is 0.00930 e. The van der Waals surface area contributed by atoms with Crippen LogP contribution in [0.25, 0.3) is 0 Å². The Balaban J connectivity index is 2.42. The van der Waals surface area contributed by atoms with Gasteiger partial charge in [0.2, 0.25) is 0 Å². The van der Waals surface area contributed by atoms with Crippen molar-refractivity contribution in [2.75, 3.05) is 0 Å². The molecule has 1 aliphatic carbocycles. The first-order chi connectivity index (χ1) is 3.69. The van der Waals surface area contributed by atoms with Gasteiger partial charge in [-0.15, -0.1) is 0 Å². The molecule has 2 N–H and O–H groups in total. The number of hydrogen-bond acceptors (Lipinski definition) is 1. The Bertz CT molecular complexity index is 86.4. The molecule has 2 atom stereocenters. The summed E-state index contributed by atoms with van der Waals surface area (Å²) in [6, 6.07) is 0.493. The minimum atomic E-state index is 0.493. The average Bonchev–Trinajstić information content (AvgIpc) is 1.83. The lowest BCUT2D eigenvalue weighted by molar-refractivity contribution is 0.112. The van der Waals surface area contributed by atoms with Crippen LogP contribution in [0, 0.1) is 5.41 Å². The lowest BCUT2D eigenvalue weighted by Gasteiger charge is -2.44. The van der Waals surface area contributed by atoms with E-state index < -0.39 is 0 Å². The van der Waals surface area contributed by atoms with Gasteiger partial charge in [-0.2, -0.15) is 0 Å². The number of rotatable bonds is 1. The molecule has 0 heterocycles. The Labute approximate surface area is 51.3 Å². The van der Waals surface area contributed by atoms with Crippen LogP contribution in [-0.2, 0) is 0 Å². The zero-order chi connectivity index (χ0) is 6.20. The van der Waals surface area contributed by atoms with E-state index in [1.807, 2.05) is 0 Å². The van der Waals surface area contributed by atoms with Crippen LogP contribution in [0.5, 0.6) is 0 Å². The summed E-state index contributed by atoms with van der Waals surface area (Å²) >= 11 is 0. The van der Waals surface area contributed by atoms with E-state index in [4.69, 9.17) is 5.73 Å². The zero-order valence-corrected chi connectivity index (χ0v) is 5.78. The molecule has 1 heteroatoms. The van der Waals surface area contributed by atoms with Gasteiger partial charge in [0.05, 0.1) is 0 Å². The maximum absolute atomic E-state index is 5.77. The molecule has 0 aromatic rings. The Morgan fingerprint density at radius 2 is 2.38 bits per heavy atom. The summed E-state index contributed by atoms with van der Waals surface area (Å²) in [5, 5.41) is 0. The van der Waals surface area contributed by atoms with E-state index in [0.717, 1.165) is 0 Å². The molecule has 0 aromatic carbocycles. The Kier molecular flexibility index (Phi) is 1.31. The van der Waals surface area contributed by atoms with Crippen molar-refractivity contribution in [1.29, 1.82) is 0 Å². The molecule has 1 aliphatic rings. The molecule has 0 amide bonds. The Hall–Kier alpha value is -0.0400. The predicted molar refractivity (Wildman–Crippen MR) is 35.6 cm³/mol. The fourth-order valence-electron chi connectivity index (χ4n) is 1.24. The largest absolute Gasteiger partial charge is 0.327 e. The third-order valence-electron chi connectivity index (χ3n) is 2.73. The van der Waals surface area contributed by atoms with Gasteiger partial charge in [-0.3, -0.25) is 0 Å². The Morgan fingerprint density at radius 1 is 1.75 bits per heavy atom. The maximum Gasteiger partial charge on any atom is 0.00930 e. The van der Waals surface area contributed by atoms with Crippen LogP contribution in [0.4, 0.5) is 0 Å². The van der Waals surface area contributed by atoms with Crippen LogP contribution in [0.15, 0.2) is 0 Å². The van der Waals surface area contributed by atoms with Crippen molar-refractivity contribution in [1.82, 2.24) is 0 Å². The zero-order valence-electron chi connectivity index (χ0n) is 5.78. The summed E-state index contributed by atoms with van der Waals surface area (Å²) in [4.78, 5) is 0. The van der Waals surface area contributed by atoms with Crippen molar-refractivity contribution in [3.05, 3.63) is 0 Å². The van der Waals surface area contributed by atoms with E-state index in [9.17, 15) is 0 Å². The molecule has 1 saturated carbocycles. The first-order valence-corrected chi connectivity index (χ1v) is 3.44. The van der Waals surface area contributed by atoms with Crippen LogP contribution in [-0.4, -0.2) is 6.04 Å². The fourth-order valence-corrected chi connectivity index (χ4v) is 1.24. The van der Waals surface area contributed by atoms with Gasteiger partial charge in [0, 0.05) is 6.04 Å². The summed E-state index contributed by atoms with van der Waals surface area (Å²) in [7, 11) is 0. The van der Waals surface area contributed by atoms with E-state index in [-0.39, 0.29) is 0 Å². The standard InChI is InChI=1S/C7H15N/c1-3-7(2)5-4-6(7)8/h6H,3-5,8H2,1-2H3/t6?,7-/m0/s1. The molecule has 1 unspecified atom stereocenters. The second-order valence-corrected chi connectivity index (χ2v) is 3.15. The molecule has 0 spiro atoms. The molecule has 0 aromatic heterocycles.